The Morgan fingerprint density at radius 1 is 1.07 bits per heavy atom. The zero-order valence-electron chi connectivity index (χ0n) is 16.4. The Morgan fingerprint density at radius 2 is 1.79 bits per heavy atom. The number of amides is 2. The van der Waals surface area contributed by atoms with Gasteiger partial charge in [0.2, 0.25) is 11.8 Å². The highest BCUT2D eigenvalue weighted by molar-refractivity contribution is 5.90. The van der Waals surface area contributed by atoms with Gasteiger partial charge < -0.3 is 15.0 Å². The molecule has 2 amide bonds. The van der Waals surface area contributed by atoms with E-state index in [4.69, 9.17) is 4.74 Å². The lowest BCUT2D eigenvalue weighted by Gasteiger charge is -2.18. The maximum absolute atomic E-state index is 13.1. The van der Waals surface area contributed by atoms with E-state index in [0.29, 0.717) is 50.4 Å². The van der Waals surface area contributed by atoms with Crippen LogP contribution in [0.5, 0.6) is 5.75 Å². The van der Waals surface area contributed by atoms with E-state index in [1.807, 2.05) is 26.0 Å². The van der Waals surface area contributed by atoms with Crippen LogP contribution in [0.25, 0.3) is 0 Å². The first-order valence-electron chi connectivity index (χ1n) is 9.56. The summed E-state index contributed by atoms with van der Waals surface area (Å²) in [6.45, 7) is 5.66. The van der Waals surface area contributed by atoms with Crippen molar-refractivity contribution in [1.82, 2.24) is 4.90 Å². The second-order valence-corrected chi connectivity index (χ2v) is 6.40. The van der Waals surface area contributed by atoms with Crippen molar-refractivity contribution in [2.45, 2.75) is 33.1 Å². The SMILES string of the molecule is CCN(CC)C(=O)Cc1ccc(NC(=O)CCCOc2cccc(F)c2)cc1. The van der Waals surface area contributed by atoms with Crippen LogP contribution in [0.15, 0.2) is 48.5 Å². The minimum atomic E-state index is -0.350. The summed E-state index contributed by atoms with van der Waals surface area (Å²) in [4.78, 5) is 25.9. The second kappa shape index (κ2) is 11.1. The van der Waals surface area contributed by atoms with E-state index in [2.05, 4.69) is 5.32 Å². The molecule has 0 fully saturated rings. The third-order valence-electron chi connectivity index (χ3n) is 4.32. The summed E-state index contributed by atoms with van der Waals surface area (Å²) in [6.07, 6.45) is 1.18. The molecule has 0 atom stereocenters. The highest BCUT2D eigenvalue weighted by Gasteiger charge is 2.10. The molecule has 0 unspecified atom stereocenters. The normalized spacial score (nSPS) is 10.4. The van der Waals surface area contributed by atoms with E-state index in [-0.39, 0.29) is 17.6 Å². The standard InChI is InChI=1S/C22H27FN2O3/c1-3-25(4-2)22(27)15-17-10-12-19(13-11-17)24-21(26)9-6-14-28-20-8-5-7-18(23)16-20/h5,7-8,10-13,16H,3-4,6,9,14-15H2,1-2H3,(H,24,26). The molecule has 0 aliphatic rings. The molecule has 0 spiro atoms. The summed E-state index contributed by atoms with van der Waals surface area (Å²) in [6, 6.07) is 13.2. The molecule has 0 aliphatic heterocycles. The molecule has 2 rings (SSSR count). The van der Waals surface area contributed by atoms with Gasteiger partial charge in [0.15, 0.2) is 0 Å². The molecular formula is C22H27FN2O3. The van der Waals surface area contributed by atoms with Crippen molar-refractivity contribution in [1.29, 1.82) is 0 Å². The molecule has 2 aromatic rings. The number of benzene rings is 2. The van der Waals surface area contributed by atoms with Crippen molar-refractivity contribution in [3.05, 3.63) is 59.9 Å². The third-order valence-corrected chi connectivity index (χ3v) is 4.32. The van der Waals surface area contributed by atoms with E-state index in [1.165, 1.54) is 12.1 Å². The quantitative estimate of drug-likeness (QED) is 0.627. The number of rotatable bonds is 10. The molecule has 0 saturated carbocycles. The van der Waals surface area contributed by atoms with Gasteiger partial charge in [-0.2, -0.15) is 0 Å². The number of carbonyl (C=O) groups is 2. The van der Waals surface area contributed by atoms with Gasteiger partial charge in [-0.1, -0.05) is 18.2 Å². The predicted octanol–water partition coefficient (Wildman–Crippen LogP) is 4.03. The minimum Gasteiger partial charge on any atom is -0.493 e. The molecule has 0 aliphatic carbocycles. The zero-order valence-corrected chi connectivity index (χ0v) is 16.4. The Hall–Kier alpha value is -2.89. The number of nitrogens with one attached hydrogen (secondary N) is 1. The van der Waals surface area contributed by atoms with Crippen LogP contribution < -0.4 is 10.1 Å². The highest BCUT2D eigenvalue weighted by Crippen LogP contribution is 2.14. The van der Waals surface area contributed by atoms with Crippen molar-refractivity contribution in [3.63, 3.8) is 0 Å². The number of anilines is 1. The van der Waals surface area contributed by atoms with Crippen LogP contribution in [0, 0.1) is 5.82 Å². The lowest BCUT2D eigenvalue weighted by atomic mass is 10.1. The van der Waals surface area contributed by atoms with Gasteiger partial charge in [0, 0.05) is 31.3 Å². The van der Waals surface area contributed by atoms with Crippen molar-refractivity contribution in [2.75, 3.05) is 25.0 Å². The van der Waals surface area contributed by atoms with Crippen LogP contribution in [0.2, 0.25) is 0 Å². The Kier molecular flexibility index (Phi) is 8.46. The first-order chi connectivity index (χ1) is 13.5. The van der Waals surface area contributed by atoms with Crippen molar-refractivity contribution in [2.24, 2.45) is 0 Å². The van der Waals surface area contributed by atoms with E-state index >= 15 is 0 Å². The molecule has 0 saturated heterocycles. The van der Waals surface area contributed by atoms with Crippen molar-refractivity contribution < 1.29 is 18.7 Å². The van der Waals surface area contributed by atoms with Crippen LogP contribution in [0.4, 0.5) is 10.1 Å². The smallest absolute Gasteiger partial charge is 0.226 e. The fraction of sp³-hybridized carbons (Fsp3) is 0.364. The predicted molar refractivity (Wildman–Crippen MR) is 108 cm³/mol. The second-order valence-electron chi connectivity index (χ2n) is 6.40. The number of carbonyl (C=O) groups excluding carboxylic acids is 2. The Bertz CT molecular complexity index is 774. The molecule has 5 nitrogen and oxygen atoms in total. The first kappa shape index (κ1) is 21.4. The molecule has 2 aromatic carbocycles. The molecule has 0 bridgehead atoms. The number of halogens is 1. The summed E-state index contributed by atoms with van der Waals surface area (Å²) in [5, 5.41) is 2.83. The fourth-order valence-corrected chi connectivity index (χ4v) is 2.77. The van der Waals surface area contributed by atoms with Gasteiger partial charge in [0.05, 0.1) is 13.0 Å². The molecule has 0 radical (unpaired) electrons. The van der Waals surface area contributed by atoms with Gasteiger partial charge in [-0.15, -0.1) is 0 Å². The minimum absolute atomic E-state index is 0.0973. The molecule has 0 aromatic heterocycles. The summed E-state index contributed by atoms with van der Waals surface area (Å²) in [7, 11) is 0. The number of likely N-dealkylation sites (N-methyl/N-ethyl adjacent to an activating group) is 1. The molecule has 6 heteroatoms. The van der Waals surface area contributed by atoms with Crippen LogP contribution in [0.1, 0.15) is 32.3 Å². The monoisotopic (exact) mass is 386 g/mol. The lowest BCUT2D eigenvalue weighted by Crippen LogP contribution is -2.31. The zero-order chi connectivity index (χ0) is 20.4. The van der Waals surface area contributed by atoms with Crippen LogP contribution >= 0.6 is 0 Å². The first-order valence-corrected chi connectivity index (χ1v) is 9.56. The Balaban J connectivity index is 1.72. The summed E-state index contributed by atoms with van der Waals surface area (Å²) in [5.74, 6) is 0.0858. The van der Waals surface area contributed by atoms with Gasteiger partial charge >= 0.3 is 0 Å². The number of hydrogen-bond acceptors (Lipinski definition) is 3. The maximum Gasteiger partial charge on any atom is 0.226 e. The average molecular weight is 386 g/mol. The van der Waals surface area contributed by atoms with Crippen LogP contribution in [-0.4, -0.2) is 36.4 Å². The number of hydrogen-bond donors (Lipinski definition) is 1. The van der Waals surface area contributed by atoms with Crippen LogP contribution in [-0.2, 0) is 16.0 Å². The van der Waals surface area contributed by atoms with E-state index < -0.39 is 0 Å². The average Bonchev–Trinajstić information content (AvgIpc) is 2.68. The molecule has 28 heavy (non-hydrogen) atoms. The highest BCUT2D eigenvalue weighted by atomic mass is 19.1. The van der Waals surface area contributed by atoms with Crippen molar-refractivity contribution in [3.8, 4) is 5.75 Å². The third kappa shape index (κ3) is 7.02. The van der Waals surface area contributed by atoms with Gasteiger partial charge in [-0.3, -0.25) is 9.59 Å². The lowest BCUT2D eigenvalue weighted by molar-refractivity contribution is -0.130. The van der Waals surface area contributed by atoms with E-state index in [0.717, 1.165) is 5.56 Å². The van der Waals surface area contributed by atoms with Crippen LogP contribution in [0.3, 0.4) is 0 Å². The summed E-state index contributed by atoms with van der Waals surface area (Å²) >= 11 is 0. The number of nitrogens with zero attached hydrogens (tertiary/aromatic N) is 1. The molecule has 150 valence electrons. The molecular weight excluding hydrogens is 359 g/mol. The maximum atomic E-state index is 13.1. The fourth-order valence-electron chi connectivity index (χ4n) is 2.77. The van der Waals surface area contributed by atoms with Crippen molar-refractivity contribution >= 4 is 17.5 Å². The summed E-state index contributed by atoms with van der Waals surface area (Å²) < 4.78 is 18.5. The van der Waals surface area contributed by atoms with Gasteiger partial charge in [-0.25, -0.2) is 4.39 Å². The molecule has 1 N–H and O–H groups in total. The van der Waals surface area contributed by atoms with Gasteiger partial charge in [0.25, 0.3) is 0 Å². The van der Waals surface area contributed by atoms with E-state index in [1.54, 1.807) is 29.2 Å². The number of ether oxygens (including phenoxy) is 1. The molecule has 0 heterocycles. The summed E-state index contributed by atoms with van der Waals surface area (Å²) in [5.41, 5.74) is 1.61. The largest absolute Gasteiger partial charge is 0.493 e. The van der Waals surface area contributed by atoms with E-state index in [9.17, 15) is 14.0 Å². The van der Waals surface area contributed by atoms with Gasteiger partial charge in [0.1, 0.15) is 11.6 Å². The Labute approximate surface area is 165 Å². The topological polar surface area (TPSA) is 58.6 Å². The Morgan fingerprint density at radius 3 is 2.43 bits per heavy atom. The van der Waals surface area contributed by atoms with Gasteiger partial charge in [-0.05, 0) is 50.1 Å².